The van der Waals surface area contributed by atoms with E-state index in [0.717, 1.165) is 0 Å². The molecule has 124 valence electrons. The molecule has 0 aromatic heterocycles. The zero-order chi connectivity index (χ0) is 17.6. The zero-order valence-corrected chi connectivity index (χ0v) is 14.2. The molecule has 0 heterocycles. The molecule has 2 aromatic carbocycles. The van der Waals surface area contributed by atoms with Crippen LogP contribution < -0.4 is 9.47 Å². The van der Waals surface area contributed by atoms with Gasteiger partial charge in [-0.1, -0.05) is 30.3 Å². The van der Waals surface area contributed by atoms with Crippen LogP contribution in [0, 0.1) is 11.3 Å². The van der Waals surface area contributed by atoms with E-state index in [9.17, 15) is 13.7 Å². The van der Waals surface area contributed by atoms with Crippen molar-refractivity contribution in [2.45, 2.75) is 11.8 Å². The fourth-order valence-corrected chi connectivity index (χ4v) is 3.32. The molecule has 0 N–H and O–H groups in total. The van der Waals surface area contributed by atoms with E-state index in [0.29, 0.717) is 23.7 Å². The lowest BCUT2D eigenvalue weighted by molar-refractivity contribution is 0.310. The van der Waals surface area contributed by atoms with Crippen LogP contribution in [0.15, 0.2) is 58.3 Å². The highest BCUT2D eigenvalue weighted by molar-refractivity contribution is 7.95. The van der Waals surface area contributed by atoms with Gasteiger partial charge in [0.1, 0.15) is 11.0 Å². The Bertz CT molecular complexity index is 881. The van der Waals surface area contributed by atoms with Crippen LogP contribution in [0.4, 0.5) is 0 Å². The van der Waals surface area contributed by atoms with Crippen molar-refractivity contribution in [2.24, 2.45) is 0 Å². The second kappa shape index (κ2) is 7.66. The number of ether oxygens (including phenoxy) is 2. The van der Waals surface area contributed by atoms with E-state index in [2.05, 4.69) is 0 Å². The molecule has 0 spiro atoms. The highest BCUT2D eigenvalue weighted by Gasteiger charge is 2.21. The minimum atomic E-state index is -3.90. The first-order chi connectivity index (χ1) is 11.5. The van der Waals surface area contributed by atoms with E-state index in [1.54, 1.807) is 42.5 Å². The summed E-state index contributed by atoms with van der Waals surface area (Å²) >= 11 is 0. The van der Waals surface area contributed by atoms with Crippen LogP contribution in [0.3, 0.4) is 0 Å². The van der Waals surface area contributed by atoms with Gasteiger partial charge >= 0.3 is 0 Å². The Balaban J connectivity index is 2.59. The van der Waals surface area contributed by atoms with Gasteiger partial charge in [0.15, 0.2) is 11.5 Å². The van der Waals surface area contributed by atoms with Crippen LogP contribution in [0.5, 0.6) is 11.5 Å². The summed E-state index contributed by atoms with van der Waals surface area (Å²) in [7, 11) is -2.40. The highest BCUT2D eigenvalue weighted by atomic mass is 32.2. The van der Waals surface area contributed by atoms with Crippen LogP contribution in [-0.2, 0) is 9.84 Å². The first-order valence-corrected chi connectivity index (χ1v) is 8.74. The standard InChI is InChI=1S/C18H17NO4S/c1-3-23-18-14(8-7-11-17(18)22-2)12-16(13-19)24(20,21)15-9-5-4-6-10-15/h4-12H,3H2,1-2H3. The molecule has 0 radical (unpaired) electrons. The van der Waals surface area contributed by atoms with Gasteiger partial charge in [-0.05, 0) is 31.2 Å². The Kier molecular flexibility index (Phi) is 5.61. The van der Waals surface area contributed by atoms with Gasteiger partial charge in [0.2, 0.25) is 9.84 Å². The van der Waals surface area contributed by atoms with Crippen LogP contribution >= 0.6 is 0 Å². The summed E-state index contributed by atoms with van der Waals surface area (Å²) in [6, 6.07) is 14.7. The number of nitriles is 1. The molecular formula is C18H17NO4S. The van der Waals surface area contributed by atoms with Crippen LogP contribution in [0.25, 0.3) is 6.08 Å². The molecule has 0 aliphatic carbocycles. The average Bonchev–Trinajstić information content (AvgIpc) is 2.61. The van der Waals surface area contributed by atoms with Crippen molar-refractivity contribution in [2.75, 3.05) is 13.7 Å². The Morgan fingerprint density at radius 3 is 2.46 bits per heavy atom. The molecule has 0 saturated heterocycles. The summed E-state index contributed by atoms with van der Waals surface area (Å²) in [6.45, 7) is 2.19. The second-order valence-electron chi connectivity index (χ2n) is 4.75. The zero-order valence-electron chi connectivity index (χ0n) is 13.4. The van der Waals surface area contributed by atoms with Gasteiger partial charge in [0.25, 0.3) is 0 Å². The Morgan fingerprint density at radius 1 is 1.17 bits per heavy atom. The van der Waals surface area contributed by atoms with E-state index in [-0.39, 0.29) is 9.80 Å². The van der Waals surface area contributed by atoms with E-state index in [1.165, 1.54) is 25.3 Å². The number of benzene rings is 2. The summed E-state index contributed by atoms with van der Waals surface area (Å²) in [5.74, 6) is 0.874. The molecule has 0 amide bonds. The first-order valence-electron chi connectivity index (χ1n) is 7.26. The summed E-state index contributed by atoms with van der Waals surface area (Å²) in [5.41, 5.74) is 0.465. The van der Waals surface area contributed by atoms with Gasteiger partial charge < -0.3 is 9.47 Å². The van der Waals surface area contributed by atoms with Crippen LogP contribution in [0.2, 0.25) is 0 Å². The molecule has 6 heteroatoms. The van der Waals surface area contributed by atoms with Crippen molar-refractivity contribution >= 4 is 15.9 Å². The number of hydrogen-bond acceptors (Lipinski definition) is 5. The molecule has 5 nitrogen and oxygen atoms in total. The first kappa shape index (κ1) is 17.6. The van der Waals surface area contributed by atoms with Crippen molar-refractivity contribution in [1.29, 1.82) is 5.26 Å². The number of hydrogen-bond donors (Lipinski definition) is 0. The molecule has 0 aliphatic heterocycles. The second-order valence-corrected chi connectivity index (χ2v) is 6.67. The number of allylic oxidation sites excluding steroid dienone is 1. The SMILES string of the molecule is CCOc1c(C=C(C#N)S(=O)(=O)c2ccccc2)cccc1OC. The topological polar surface area (TPSA) is 76.4 Å². The average molecular weight is 343 g/mol. The molecule has 0 bridgehead atoms. The maximum atomic E-state index is 12.6. The van der Waals surface area contributed by atoms with Crippen LogP contribution in [-0.4, -0.2) is 22.1 Å². The Morgan fingerprint density at radius 2 is 1.88 bits per heavy atom. The summed E-state index contributed by atoms with van der Waals surface area (Å²) in [4.78, 5) is -0.290. The lowest BCUT2D eigenvalue weighted by atomic mass is 10.1. The van der Waals surface area contributed by atoms with E-state index in [4.69, 9.17) is 9.47 Å². The fraction of sp³-hybridized carbons (Fsp3) is 0.167. The van der Waals surface area contributed by atoms with Crippen molar-refractivity contribution in [3.8, 4) is 17.6 Å². The molecule has 2 rings (SSSR count). The van der Waals surface area contributed by atoms with E-state index < -0.39 is 9.84 Å². The third-order valence-electron chi connectivity index (χ3n) is 3.26. The number of methoxy groups -OCH3 is 1. The predicted octanol–water partition coefficient (Wildman–Crippen LogP) is 3.43. The minimum Gasteiger partial charge on any atom is -0.493 e. The third-order valence-corrected chi connectivity index (χ3v) is 4.94. The third kappa shape index (κ3) is 3.58. The molecule has 2 aromatic rings. The quantitative estimate of drug-likeness (QED) is 0.751. The molecule has 0 saturated carbocycles. The highest BCUT2D eigenvalue weighted by Crippen LogP contribution is 2.33. The van der Waals surface area contributed by atoms with Crippen molar-refractivity contribution in [1.82, 2.24) is 0 Å². The summed E-state index contributed by atoms with van der Waals surface area (Å²) in [6.07, 6.45) is 1.30. The van der Waals surface area contributed by atoms with Gasteiger partial charge in [0.05, 0.1) is 18.6 Å². The van der Waals surface area contributed by atoms with Gasteiger partial charge in [-0.3, -0.25) is 0 Å². The Labute approximate surface area is 141 Å². The molecule has 0 unspecified atom stereocenters. The molecule has 0 atom stereocenters. The lowest BCUT2D eigenvalue weighted by Crippen LogP contribution is -2.04. The maximum Gasteiger partial charge on any atom is 0.216 e. The summed E-state index contributed by atoms with van der Waals surface area (Å²) in [5, 5.41) is 9.36. The van der Waals surface area contributed by atoms with Gasteiger partial charge in [-0.2, -0.15) is 5.26 Å². The minimum absolute atomic E-state index is 0.0682. The Hall–Kier alpha value is -2.78. The van der Waals surface area contributed by atoms with Gasteiger partial charge in [-0.25, -0.2) is 8.42 Å². The number of rotatable bonds is 6. The number of nitrogens with zero attached hydrogens (tertiary/aromatic N) is 1. The van der Waals surface area contributed by atoms with Crippen LogP contribution in [0.1, 0.15) is 12.5 Å². The molecule has 24 heavy (non-hydrogen) atoms. The van der Waals surface area contributed by atoms with Crippen molar-refractivity contribution in [3.63, 3.8) is 0 Å². The number of sulfone groups is 1. The van der Waals surface area contributed by atoms with Crippen molar-refractivity contribution in [3.05, 3.63) is 59.0 Å². The molecule has 0 fully saturated rings. The normalized spacial score (nSPS) is 11.6. The number of para-hydroxylation sites is 1. The fourth-order valence-electron chi connectivity index (χ4n) is 2.14. The monoisotopic (exact) mass is 343 g/mol. The van der Waals surface area contributed by atoms with Crippen molar-refractivity contribution < 1.29 is 17.9 Å². The largest absolute Gasteiger partial charge is 0.493 e. The smallest absolute Gasteiger partial charge is 0.216 e. The molecule has 0 aliphatic rings. The molecular weight excluding hydrogens is 326 g/mol. The predicted molar refractivity (Wildman–Crippen MR) is 91.4 cm³/mol. The maximum absolute atomic E-state index is 12.6. The van der Waals surface area contributed by atoms with Gasteiger partial charge in [0, 0.05) is 5.56 Å². The summed E-state index contributed by atoms with van der Waals surface area (Å²) < 4.78 is 36.0. The van der Waals surface area contributed by atoms with Gasteiger partial charge in [-0.15, -0.1) is 0 Å². The van der Waals surface area contributed by atoms with E-state index in [1.807, 2.05) is 6.92 Å². The van der Waals surface area contributed by atoms with E-state index >= 15 is 0 Å². The lowest BCUT2D eigenvalue weighted by Gasteiger charge is -2.12.